The Hall–Kier alpha value is -0.840. The van der Waals surface area contributed by atoms with E-state index in [1.54, 1.807) is 6.92 Å². The third-order valence-corrected chi connectivity index (χ3v) is 2.76. The molecule has 1 N–H and O–H groups in total. The maximum atomic E-state index is 12.3. The average molecular weight is 221 g/mol. The lowest BCUT2D eigenvalue weighted by molar-refractivity contribution is -0.137. The Labute approximate surface area is 86.5 Å². The number of piperidine rings is 1. The summed E-state index contributed by atoms with van der Waals surface area (Å²) in [7, 11) is 0. The summed E-state index contributed by atoms with van der Waals surface area (Å²) >= 11 is 0. The first-order chi connectivity index (χ1) is 6.77. The highest BCUT2D eigenvalue weighted by molar-refractivity contribution is 6.00. The third-order valence-electron chi connectivity index (χ3n) is 2.76. The Balaban J connectivity index is 2.79. The van der Waals surface area contributed by atoms with Gasteiger partial charge >= 0.3 is 6.18 Å². The van der Waals surface area contributed by atoms with Gasteiger partial charge in [0.15, 0.2) is 5.78 Å². The number of ketones is 1. The molecule has 0 aliphatic carbocycles. The van der Waals surface area contributed by atoms with E-state index in [0.717, 1.165) is 6.54 Å². The number of Topliss-reactive ketones (excluding diaryl/α,β-unsaturated/α-hetero) is 1. The quantitative estimate of drug-likeness (QED) is 0.723. The van der Waals surface area contributed by atoms with Crippen LogP contribution >= 0.6 is 0 Å². The Morgan fingerprint density at radius 1 is 1.47 bits per heavy atom. The molecule has 0 saturated carbocycles. The van der Waals surface area contributed by atoms with Gasteiger partial charge in [0, 0.05) is 12.0 Å². The number of hydrogen-bond acceptors (Lipinski definition) is 2. The second-order valence-electron chi connectivity index (χ2n) is 4.15. The molecule has 0 amide bonds. The molecule has 0 aromatic rings. The van der Waals surface area contributed by atoms with Crippen molar-refractivity contribution in [2.24, 2.45) is 5.41 Å². The first-order valence-corrected chi connectivity index (χ1v) is 4.79. The van der Waals surface area contributed by atoms with E-state index >= 15 is 0 Å². The molecule has 1 aliphatic heterocycles. The van der Waals surface area contributed by atoms with E-state index in [9.17, 15) is 18.0 Å². The standard InChI is InChI=1S/C10H14F3NO/c1-7(10(11,12)13)8(15)9(2)4-3-5-14-6-9/h14H,1,3-6H2,2H3. The van der Waals surface area contributed by atoms with E-state index in [-0.39, 0.29) is 0 Å². The van der Waals surface area contributed by atoms with Gasteiger partial charge in [-0.15, -0.1) is 0 Å². The van der Waals surface area contributed by atoms with Gasteiger partial charge in [-0.1, -0.05) is 13.5 Å². The molecule has 86 valence electrons. The molecule has 1 heterocycles. The fourth-order valence-electron chi connectivity index (χ4n) is 1.74. The number of nitrogens with one attached hydrogen (secondary N) is 1. The summed E-state index contributed by atoms with van der Waals surface area (Å²) in [5.41, 5.74) is -2.20. The highest BCUT2D eigenvalue weighted by atomic mass is 19.4. The topological polar surface area (TPSA) is 29.1 Å². The number of alkyl halides is 3. The summed E-state index contributed by atoms with van der Waals surface area (Å²) in [5.74, 6) is -0.887. The van der Waals surface area contributed by atoms with Gasteiger partial charge in [0.25, 0.3) is 0 Å². The molecule has 1 atom stereocenters. The molecule has 1 saturated heterocycles. The highest BCUT2D eigenvalue weighted by Crippen LogP contribution is 2.35. The van der Waals surface area contributed by atoms with Crippen molar-refractivity contribution in [2.45, 2.75) is 25.9 Å². The van der Waals surface area contributed by atoms with Crippen LogP contribution in [-0.2, 0) is 4.79 Å². The van der Waals surface area contributed by atoms with Crippen molar-refractivity contribution in [3.05, 3.63) is 12.2 Å². The van der Waals surface area contributed by atoms with Crippen molar-refractivity contribution in [3.8, 4) is 0 Å². The maximum absolute atomic E-state index is 12.3. The number of carbonyl (C=O) groups excluding carboxylic acids is 1. The molecule has 1 rings (SSSR count). The Morgan fingerprint density at radius 3 is 2.47 bits per heavy atom. The van der Waals surface area contributed by atoms with Crippen LogP contribution in [-0.4, -0.2) is 25.0 Å². The van der Waals surface area contributed by atoms with Crippen LogP contribution in [0.15, 0.2) is 12.2 Å². The van der Waals surface area contributed by atoms with Gasteiger partial charge in [0.05, 0.1) is 5.57 Å². The zero-order valence-corrected chi connectivity index (χ0v) is 8.58. The van der Waals surface area contributed by atoms with E-state index in [1.165, 1.54) is 0 Å². The van der Waals surface area contributed by atoms with Crippen molar-refractivity contribution < 1.29 is 18.0 Å². The SMILES string of the molecule is C=C(C(=O)C1(C)CCCNC1)C(F)(F)F. The Bertz CT molecular complexity index is 277. The first-order valence-electron chi connectivity index (χ1n) is 4.79. The normalized spacial score (nSPS) is 27.5. The van der Waals surface area contributed by atoms with Crippen molar-refractivity contribution in [1.82, 2.24) is 5.32 Å². The van der Waals surface area contributed by atoms with E-state index in [4.69, 9.17) is 0 Å². The minimum atomic E-state index is -4.61. The average Bonchev–Trinajstić information content (AvgIpc) is 2.15. The molecule has 1 fully saturated rings. The van der Waals surface area contributed by atoms with Crippen LogP contribution in [0.2, 0.25) is 0 Å². The fourth-order valence-corrected chi connectivity index (χ4v) is 1.74. The summed E-state index contributed by atoms with van der Waals surface area (Å²) in [6.45, 7) is 5.44. The molecule has 0 spiro atoms. The smallest absolute Gasteiger partial charge is 0.316 e. The molecule has 0 bridgehead atoms. The lowest BCUT2D eigenvalue weighted by Gasteiger charge is -2.33. The van der Waals surface area contributed by atoms with Gasteiger partial charge in [-0.2, -0.15) is 13.2 Å². The van der Waals surface area contributed by atoms with Gasteiger partial charge in [0.2, 0.25) is 0 Å². The van der Waals surface area contributed by atoms with Crippen LogP contribution < -0.4 is 5.32 Å². The predicted octanol–water partition coefficient (Wildman–Crippen LogP) is 2.06. The summed E-state index contributed by atoms with van der Waals surface area (Å²) < 4.78 is 36.9. The van der Waals surface area contributed by atoms with Crippen LogP contribution in [0.1, 0.15) is 19.8 Å². The summed E-state index contributed by atoms with van der Waals surface area (Å²) in [6, 6.07) is 0. The highest BCUT2D eigenvalue weighted by Gasteiger charge is 2.44. The van der Waals surface area contributed by atoms with Crippen LogP contribution in [0.3, 0.4) is 0 Å². The van der Waals surface area contributed by atoms with Crippen molar-refractivity contribution in [3.63, 3.8) is 0 Å². The number of hydrogen-bond donors (Lipinski definition) is 1. The Kier molecular flexibility index (Phi) is 3.23. The molecule has 2 nitrogen and oxygen atoms in total. The van der Waals surface area contributed by atoms with Crippen molar-refractivity contribution in [1.29, 1.82) is 0 Å². The van der Waals surface area contributed by atoms with Gasteiger partial charge in [-0.3, -0.25) is 4.79 Å². The van der Waals surface area contributed by atoms with Crippen LogP contribution in [0.5, 0.6) is 0 Å². The molecular formula is C10H14F3NO. The molecule has 1 unspecified atom stereocenters. The number of rotatable bonds is 2. The third kappa shape index (κ3) is 2.59. The summed E-state index contributed by atoms with van der Waals surface area (Å²) in [6.07, 6.45) is -3.42. The van der Waals surface area contributed by atoms with Crippen molar-refractivity contribution >= 4 is 5.78 Å². The number of allylic oxidation sites excluding steroid dienone is 1. The van der Waals surface area contributed by atoms with Crippen LogP contribution in [0, 0.1) is 5.41 Å². The molecule has 15 heavy (non-hydrogen) atoms. The molecular weight excluding hydrogens is 207 g/mol. The largest absolute Gasteiger partial charge is 0.419 e. The van der Waals surface area contributed by atoms with E-state index in [0.29, 0.717) is 19.4 Å². The fraction of sp³-hybridized carbons (Fsp3) is 0.700. The molecule has 1 aliphatic rings. The zero-order chi connectivity index (χ0) is 11.7. The van der Waals surface area contributed by atoms with Crippen LogP contribution in [0.4, 0.5) is 13.2 Å². The van der Waals surface area contributed by atoms with E-state index in [2.05, 4.69) is 11.9 Å². The van der Waals surface area contributed by atoms with Crippen molar-refractivity contribution in [2.75, 3.05) is 13.1 Å². The predicted molar refractivity (Wildman–Crippen MR) is 50.4 cm³/mol. The first kappa shape index (κ1) is 12.2. The van der Waals surface area contributed by atoms with Gasteiger partial charge in [-0.05, 0) is 19.4 Å². The van der Waals surface area contributed by atoms with E-state index < -0.39 is 22.9 Å². The minimum Gasteiger partial charge on any atom is -0.316 e. The maximum Gasteiger partial charge on any atom is 0.419 e. The second kappa shape index (κ2) is 3.96. The summed E-state index contributed by atoms with van der Waals surface area (Å²) in [4.78, 5) is 11.6. The lowest BCUT2D eigenvalue weighted by Crippen LogP contribution is -2.45. The van der Waals surface area contributed by atoms with Gasteiger partial charge < -0.3 is 5.32 Å². The van der Waals surface area contributed by atoms with Gasteiger partial charge in [0.1, 0.15) is 0 Å². The molecule has 0 aromatic carbocycles. The second-order valence-corrected chi connectivity index (χ2v) is 4.15. The van der Waals surface area contributed by atoms with Gasteiger partial charge in [-0.25, -0.2) is 0 Å². The van der Waals surface area contributed by atoms with E-state index in [1.807, 2.05) is 0 Å². The molecule has 0 aromatic heterocycles. The monoisotopic (exact) mass is 221 g/mol. The molecule has 0 radical (unpaired) electrons. The number of carbonyl (C=O) groups is 1. The van der Waals surface area contributed by atoms with Crippen LogP contribution in [0.25, 0.3) is 0 Å². The zero-order valence-electron chi connectivity index (χ0n) is 8.58. The Morgan fingerprint density at radius 2 is 2.07 bits per heavy atom. The number of halogens is 3. The minimum absolute atomic E-state index is 0.293. The summed E-state index contributed by atoms with van der Waals surface area (Å²) in [5, 5.41) is 2.93. The lowest BCUT2D eigenvalue weighted by atomic mass is 9.76. The molecule has 5 heteroatoms.